The Morgan fingerprint density at radius 3 is 2.76 bits per heavy atom. The lowest BCUT2D eigenvalue weighted by Crippen LogP contribution is -2.03. The van der Waals surface area contributed by atoms with Gasteiger partial charge in [0.15, 0.2) is 0 Å². The van der Waals surface area contributed by atoms with Gasteiger partial charge in [-0.25, -0.2) is 4.79 Å². The van der Waals surface area contributed by atoms with Gasteiger partial charge in [-0.15, -0.1) is 11.8 Å². The SMILES string of the molecule is CCOC(=O)/C=C(/C)Oc1ccccc1SC. The van der Waals surface area contributed by atoms with E-state index in [0.29, 0.717) is 12.4 Å². The fraction of sp³-hybridized carbons (Fsp3) is 0.308. The Kier molecular flexibility index (Phi) is 5.63. The Balaban J connectivity index is 2.73. The van der Waals surface area contributed by atoms with E-state index in [1.807, 2.05) is 30.5 Å². The highest BCUT2D eigenvalue weighted by atomic mass is 32.2. The van der Waals surface area contributed by atoms with Crippen molar-refractivity contribution in [3.63, 3.8) is 0 Å². The molecular weight excluding hydrogens is 236 g/mol. The predicted molar refractivity (Wildman–Crippen MR) is 69.2 cm³/mol. The maximum atomic E-state index is 11.2. The van der Waals surface area contributed by atoms with E-state index in [-0.39, 0.29) is 5.97 Å². The van der Waals surface area contributed by atoms with E-state index in [2.05, 4.69) is 0 Å². The molecule has 0 amide bonds. The number of esters is 1. The predicted octanol–water partition coefficient (Wildman–Crippen LogP) is 3.25. The van der Waals surface area contributed by atoms with Gasteiger partial charge in [0.05, 0.1) is 12.7 Å². The van der Waals surface area contributed by atoms with Crippen LogP contribution in [0.5, 0.6) is 5.75 Å². The van der Waals surface area contributed by atoms with Crippen LogP contribution in [-0.4, -0.2) is 18.8 Å². The molecule has 0 N–H and O–H groups in total. The Morgan fingerprint density at radius 2 is 2.12 bits per heavy atom. The zero-order chi connectivity index (χ0) is 12.7. The third kappa shape index (κ3) is 4.53. The Labute approximate surface area is 106 Å². The van der Waals surface area contributed by atoms with Crippen molar-refractivity contribution >= 4 is 17.7 Å². The largest absolute Gasteiger partial charge is 0.463 e. The summed E-state index contributed by atoms with van der Waals surface area (Å²) in [6, 6.07) is 7.68. The van der Waals surface area contributed by atoms with E-state index in [4.69, 9.17) is 9.47 Å². The van der Waals surface area contributed by atoms with Crippen molar-refractivity contribution in [2.75, 3.05) is 12.9 Å². The molecule has 0 radical (unpaired) electrons. The van der Waals surface area contributed by atoms with Gasteiger partial charge in [0.1, 0.15) is 11.5 Å². The summed E-state index contributed by atoms with van der Waals surface area (Å²) in [6.45, 7) is 3.86. The minimum atomic E-state index is -0.383. The summed E-state index contributed by atoms with van der Waals surface area (Å²) in [4.78, 5) is 12.2. The lowest BCUT2D eigenvalue weighted by Gasteiger charge is -2.09. The van der Waals surface area contributed by atoms with E-state index in [1.165, 1.54) is 6.08 Å². The highest BCUT2D eigenvalue weighted by molar-refractivity contribution is 7.98. The number of thioether (sulfide) groups is 1. The first-order chi connectivity index (χ1) is 8.17. The number of hydrogen-bond donors (Lipinski definition) is 0. The van der Waals surface area contributed by atoms with Crippen molar-refractivity contribution in [1.29, 1.82) is 0 Å². The molecule has 4 heteroatoms. The number of rotatable bonds is 5. The van der Waals surface area contributed by atoms with Crippen molar-refractivity contribution in [2.45, 2.75) is 18.7 Å². The van der Waals surface area contributed by atoms with Crippen molar-refractivity contribution in [3.05, 3.63) is 36.1 Å². The van der Waals surface area contributed by atoms with Gasteiger partial charge in [0, 0.05) is 4.90 Å². The van der Waals surface area contributed by atoms with Crippen LogP contribution in [-0.2, 0) is 9.53 Å². The van der Waals surface area contributed by atoms with Crippen molar-refractivity contribution in [3.8, 4) is 5.75 Å². The molecule has 0 fully saturated rings. The molecule has 0 bridgehead atoms. The average molecular weight is 252 g/mol. The monoisotopic (exact) mass is 252 g/mol. The Morgan fingerprint density at radius 1 is 1.41 bits per heavy atom. The van der Waals surface area contributed by atoms with E-state index in [1.54, 1.807) is 25.6 Å². The molecule has 0 atom stereocenters. The molecule has 1 aromatic rings. The maximum Gasteiger partial charge on any atom is 0.334 e. The van der Waals surface area contributed by atoms with Crippen LogP contribution in [0.1, 0.15) is 13.8 Å². The Hall–Kier alpha value is -1.42. The molecule has 3 nitrogen and oxygen atoms in total. The van der Waals surface area contributed by atoms with Gasteiger partial charge in [0.2, 0.25) is 0 Å². The van der Waals surface area contributed by atoms with Gasteiger partial charge in [-0.05, 0) is 32.2 Å². The summed E-state index contributed by atoms with van der Waals surface area (Å²) in [5, 5.41) is 0. The van der Waals surface area contributed by atoms with Gasteiger partial charge < -0.3 is 9.47 Å². The third-order valence-corrected chi connectivity index (χ3v) is 2.72. The maximum absolute atomic E-state index is 11.2. The molecule has 92 valence electrons. The minimum absolute atomic E-state index is 0.365. The molecule has 0 spiro atoms. The topological polar surface area (TPSA) is 35.5 Å². The second-order valence-electron chi connectivity index (χ2n) is 3.26. The minimum Gasteiger partial charge on any atom is -0.463 e. The van der Waals surface area contributed by atoms with Gasteiger partial charge in [0.25, 0.3) is 0 Å². The summed E-state index contributed by atoms with van der Waals surface area (Å²) in [5.74, 6) is 0.884. The van der Waals surface area contributed by atoms with Crippen LogP contribution in [0.25, 0.3) is 0 Å². The smallest absolute Gasteiger partial charge is 0.334 e. The normalized spacial score (nSPS) is 11.1. The number of para-hydroxylation sites is 1. The highest BCUT2D eigenvalue weighted by Crippen LogP contribution is 2.28. The van der Waals surface area contributed by atoms with Gasteiger partial charge in [-0.2, -0.15) is 0 Å². The van der Waals surface area contributed by atoms with Crippen LogP contribution in [0.2, 0.25) is 0 Å². The standard InChI is InChI=1S/C13H16O3S/c1-4-15-13(14)9-10(2)16-11-7-5-6-8-12(11)17-3/h5-9H,4H2,1-3H3/b10-9-. The summed E-state index contributed by atoms with van der Waals surface area (Å²) >= 11 is 1.60. The van der Waals surface area contributed by atoms with Crippen LogP contribution in [0.4, 0.5) is 0 Å². The molecule has 0 saturated carbocycles. The van der Waals surface area contributed by atoms with E-state index < -0.39 is 0 Å². The molecule has 0 aromatic heterocycles. The molecular formula is C13H16O3S. The summed E-state index contributed by atoms with van der Waals surface area (Å²) in [5.41, 5.74) is 0. The lowest BCUT2D eigenvalue weighted by molar-refractivity contribution is -0.137. The van der Waals surface area contributed by atoms with E-state index >= 15 is 0 Å². The van der Waals surface area contributed by atoms with Gasteiger partial charge >= 0.3 is 5.97 Å². The quantitative estimate of drug-likeness (QED) is 0.349. The first-order valence-electron chi connectivity index (χ1n) is 5.33. The highest BCUT2D eigenvalue weighted by Gasteiger charge is 2.04. The summed E-state index contributed by atoms with van der Waals surface area (Å²) in [6.07, 6.45) is 3.33. The van der Waals surface area contributed by atoms with E-state index in [0.717, 1.165) is 10.6 Å². The van der Waals surface area contributed by atoms with Crippen molar-refractivity contribution in [2.24, 2.45) is 0 Å². The van der Waals surface area contributed by atoms with Crippen LogP contribution in [0, 0.1) is 0 Å². The fourth-order valence-corrected chi connectivity index (χ4v) is 1.78. The fourth-order valence-electron chi connectivity index (χ4n) is 1.26. The van der Waals surface area contributed by atoms with Crippen molar-refractivity contribution in [1.82, 2.24) is 0 Å². The molecule has 0 aliphatic carbocycles. The molecule has 0 unspecified atom stereocenters. The van der Waals surface area contributed by atoms with Crippen LogP contribution in [0.3, 0.4) is 0 Å². The summed E-state index contributed by atoms with van der Waals surface area (Å²) in [7, 11) is 0. The lowest BCUT2D eigenvalue weighted by atomic mass is 10.3. The van der Waals surface area contributed by atoms with Crippen LogP contribution >= 0.6 is 11.8 Å². The molecule has 0 heterocycles. The number of carbonyl (C=O) groups excluding carboxylic acids is 1. The van der Waals surface area contributed by atoms with Crippen LogP contribution in [0.15, 0.2) is 41.0 Å². The zero-order valence-corrected chi connectivity index (χ0v) is 11.0. The summed E-state index contributed by atoms with van der Waals surface area (Å²) < 4.78 is 10.4. The van der Waals surface area contributed by atoms with E-state index in [9.17, 15) is 4.79 Å². The molecule has 0 aliphatic heterocycles. The zero-order valence-electron chi connectivity index (χ0n) is 10.2. The third-order valence-electron chi connectivity index (χ3n) is 1.95. The number of hydrogen-bond acceptors (Lipinski definition) is 4. The second-order valence-corrected chi connectivity index (χ2v) is 4.11. The second kappa shape index (κ2) is 7.01. The number of benzene rings is 1. The Bertz CT molecular complexity index is 413. The number of ether oxygens (including phenoxy) is 2. The average Bonchev–Trinajstić information content (AvgIpc) is 2.29. The number of carbonyl (C=O) groups is 1. The molecule has 1 aromatic carbocycles. The number of allylic oxidation sites excluding steroid dienone is 1. The molecule has 0 aliphatic rings. The molecule has 1 rings (SSSR count). The van der Waals surface area contributed by atoms with Gasteiger partial charge in [-0.1, -0.05) is 12.1 Å². The van der Waals surface area contributed by atoms with Crippen molar-refractivity contribution < 1.29 is 14.3 Å². The first kappa shape index (κ1) is 13.6. The van der Waals surface area contributed by atoms with Gasteiger partial charge in [-0.3, -0.25) is 0 Å². The molecule has 17 heavy (non-hydrogen) atoms. The first-order valence-corrected chi connectivity index (χ1v) is 6.55. The molecule has 0 saturated heterocycles. The van der Waals surface area contributed by atoms with Crippen LogP contribution < -0.4 is 4.74 Å².